The Morgan fingerprint density at radius 3 is 2.79 bits per heavy atom. The highest BCUT2D eigenvalue weighted by molar-refractivity contribution is 9.11. The van der Waals surface area contributed by atoms with Crippen LogP contribution in [-0.2, 0) is 7.05 Å². The molecule has 1 aliphatic heterocycles. The fraction of sp³-hybridized carbons (Fsp3) is 0.500. The molecule has 3 rings (SSSR count). The van der Waals surface area contributed by atoms with E-state index in [1.807, 2.05) is 6.92 Å². The van der Waals surface area contributed by atoms with Crippen LogP contribution >= 0.6 is 27.3 Å². The van der Waals surface area contributed by atoms with Gasteiger partial charge in [0.1, 0.15) is 10.7 Å². The van der Waals surface area contributed by atoms with E-state index in [9.17, 15) is 14.7 Å². The summed E-state index contributed by atoms with van der Waals surface area (Å²) in [7, 11) is 1.78. The van der Waals surface area contributed by atoms with Crippen LogP contribution in [0.1, 0.15) is 36.7 Å². The molecule has 1 unspecified atom stereocenters. The average Bonchev–Trinajstić information content (AvgIpc) is 3.07. The van der Waals surface area contributed by atoms with Crippen LogP contribution < -0.4 is 15.5 Å². The minimum absolute atomic E-state index is 0.0205. The topological polar surface area (TPSA) is 133 Å². The quantitative estimate of drug-likeness (QED) is 0.537. The SMILES string of the molecule is Cn1ncc(NC(=O)c2nc(Br)sc2NC(=O)O)c1N1CCCC(C)(O)CC1. The van der Waals surface area contributed by atoms with Crippen LogP contribution in [0.15, 0.2) is 10.1 Å². The van der Waals surface area contributed by atoms with Crippen LogP contribution in [0.5, 0.6) is 0 Å². The van der Waals surface area contributed by atoms with Crippen LogP contribution in [0.2, 0.25) is 0 Å². The molecule has 1 aliphatic rings. The van der Waals surface area contributed by atoms with Crippen molar-refractivity contribution in [3.05, 3.63) is 15.8 Å². The first-order valence-electron chi connectivity index (χ1n) is 8.63. The van der Waals surface area contributed by atoms with E-state index >= 15 is 0 Å². The van der Waals surface area contributed by atoms with Crippen molar-refractivity contribution in [2.24, 2.45) is 7.05 Å². The lowest BCUT2D eigenvalue weighted by atomic mass is 9.98. The number of aromatic nitrogens is 3. The molecule has 0 radical (unpaired) electrons. The lowest BCUT2D eigenvalue weighted by Gasteiger charge is -2.25. The Morgan fingerprint density at radius 1 is 1.32 bits per heavy atom. The number of nitrogens with zero attached hydrogens (tertiary/aromatic N) is 4. The number of carbonyl (C=O) groups excluding carboxylic acids is 1. The number of thiazole rings is 1. The number of amides is 2. The lowest BCUT2D eigenvalue weighted by Crippen LogP contribution is -2.30. The van der Waals surface area contributed by atoms with E-state index in [1.165, 1.54) is 0 Å². The molecule has 4 N–H and O–H groups in total. The third kappa shape index (κ3) is 4.62. The van der Waals surface area contributed by atoms with Gasteiger partial charge in [-0.2, -0.15) is 5.10 Å². The molecule has 12 heteroatoms. The predicted octanol–water partition coefficient (Wildman–Crippen LogP) is 2.72. The number of aliphatic hydroxyl groups is 1. The van der Waals surface area contributed by atoms with Crippen LogP contribution in [0, 0.1) is 0 Å². The maximum absolute atomic E-state index is 12.7. The van der Waals surface area contributed by atoms with E-state index < -0.39 is 17.6 Å². The molecule has 2 aromatic heterocycles. The highest BCUT2D eigenvalue weighted by atomic mass is 79.9. The molecule has 0 aromatic carbocycles. The third-order valence-electron chi connectivity index (χ3n) is 4.56. The Hall–Kier alpha value is -2.18. The molecule has 0 bridgehead atoms. The van der Waals surface area contributed by atoms with Crippen LogP contribution in [0.3, 0.4) is 0 Å². The first-order chi connectivity index (χ1) is 13.2. The second-order valence-corrected chi connectivity index (χ2v) is 9.15. The molecule has 0 spiro atoms. The normalized spacial score (nSPS) is 19.9. The molecule has 0 saturated carbocycles. The zero-order valence-electron chi connectivity index (χ0n) is 15.4. The number of carboxylic acid groups (broad SMARTS) is 1. The van der Waals surface area contributed by atoms with Crippen LogP contribution in [0.25, 0.3) is 0 Å². The maximum atomic E-state index is 12.7. The standard InChI is InChI=1S/C16H21BrN6O4S/c1-16(27)4-3-6-23(7-5-16)13-9(8-18-22(13)2)19-11(24)10-12(21-15(25)26)28-14(17)20-10/h8,21,27H,3-7H2,1-2H3,(H,19,24)(H,25,26). The van der Waals surface area contributed by atoms with Gasteiger partial charge in [0.15, 0.2) is 15.4 Å². The van der Waals surface area contributed by atoms with Crippen molar-refractivity contribution in [3.63, 3.8) is 0 Å². The summed E-state index contributed by atoms with van der Waals surface area (Å²) < 4.78 is 2.06. The number of halogens is 1. The van der Waals surface area contributed by atoms with E-state index in [4.69, 9.17) is 5.11 Å². The van der Waals surface area contributed by atoms with Gasteiger partial charge in [-0.1, -0.05) is 11.3 Å². The van der Waals surface area contributed by atoms with E-state index in [2.05, 4.69) is 41.5 Å². The molecule has 1 fully saturated rings. The molecule has 3 heterocycles. The Bertz CT molecular complexity index is 896. The number of nitrogens with one attached hydrogen (secondary N) is 2. The number of rotatable bonds is 4. The molecule has 1 atom stereocenters. The maximum Gasteiger partial charge on any atom is 0.409 e. The van der Waals surface area contributed by atoms with Gasteiger partial charge in [0.05, 0.1) is 11.8 Å². The first kappa shape index (κ1) is 20.6. The summed E-state index contributed by atoms with van der Waals surface area (Å²) >= 11 is 4.19. The monoisotopic (exact) mass is 472 g/mol. The Morgan fingerprint density at radius 2 is 2.07 bits per heavy atom. The van der Waals surface area contributed by atoms with Gasteiger partial charge < -0.3 is 20.4 Å². The van der Waals surface area contributed by atoms with Crippen molar-refractivity contribution < 1.29 is 19.8 Å². The average molecular weight is 473 g/mol. The molecule has 2 amide bonds. The zero-order valence-corrected chi connectivity index (χ0v) is 17.8. The molecule has 1 saturated heterocycles. The van der Waals surface area contributed by atoms with Gasteiger partial charge in [0, 0.05) is 20.1 Å². The Kier molecular flexibility index (Phi) is 5.91. The van der Waals surface area contributed by atoms with Gasteiger partial charge in [-0.3, -0.25) is 14.8 Å². The van der Waals surface area contributed by atoms with E-state index in [-0.39, 0.29) is 10.7 Å². The van der Waals surface area contributed by atoms with Gasteiger partial charge in [0.25, 0.3) is 5.91 Å². The number of hydrogen-bond acceptors (Lipinski definition) is 7. The molecule has 28 heavy (non-hydrogen) atoms. The molecule has 10 nitrogen and oxygen atoms in total. The van der Waals surface area contributed by atoms with Crippen molar-refractivity contribution >= 4 is 55.8 Å². The molecular formula is C16H21BrN6O4S. The lowest BCUT2D eigenvalue weighted by molar-refractivity contribution is 0.0481. The molecule has 0 aliphatic carbocycles. The summed E-state index contributed by atoms with van der Waals surface area (Å²) in [5, 5.41) is 28.6. The summed E-state index contributed by atoms with van der Waals surface area (Å²) in [6, 6.07) is 0. The van der Waals surface area contributed by atoms with Gasteiger partial charge >= 0.3 is 6.09 Å². The number of aryl methyl sites for hydroxylation is 1. The smallest absolute Gasteiger partial charge is 0.409 e. The van der Waals surface area contributed by atoms with Crippen molar-refractivity contribution in [2.45, 2.75) is 31.8 Å². The summed E-state index contributed by atoms with van der Waals surface area (Å²) in [5.74, 6) is 0.190. The second-order valence-electron chi connectivity index (χ2n) is 6.87. The fourth-order valence-corrected chi connectivity index (χ4v) is 4.52. The number of hydrogen-bond donors (Lipinski definition) is 4. The van der Waals surface area contributed by atoms with Crippen molar-refractivity contribution in [1.29, 1.82) is 0 Å². The van der Waals surface area contributed by atoms with Crippen LogP contribution in [-0.4, -0.2) is 55.7 Å². The van der Waals surface area contributed by atoms with E-state index in [0.29, 0.717) is 29.0 Å². The van der Waals surface area contributed by atoms with Crippen molar-refractivity contribution in [3.8, 4) is 0 Å². The third-order valence-corrected chi connectivity index (χ3v) is 5.98. The predicted molar refractivity (Wildman–Crippen MR) is 109 cm³/mol. The zero-order chi connectivity index (χ0) is 20.5. The summed E-state index contributed by atoms with van der Waals surface area (Å²) in [6.45, 7) is 3.19. The van der Waals surface area contributed by atoms with Gasteiger partial charge in [-0.15, -0.1) is 0 Å². The molecule has 152 valence electrons. The minimum atomic E-state index is -1.27. The highest BCUT2D eigenvalue weighted by Crippen LogP contribution is 2.32. The van der Waals surface area contributed by atoms with E-state index in [0.717, 1.165) is 30.1 Å². The highest BCUT2D eigenvalue weighted by Gasteiger charge is 2.28. The largest absolute Gasteiger partial charge is 0.465 e. The van der Waals surface area contributed by atoms with Gasteiger partial charge in [0.2, 0.25) is 0 Å². The van der Waals surface area contributed by atoms with Gasteiger partial charge in [-0.25, -0.2) is 9.78 Å². The Balaban J connectivity index is 1.83. The summed E-state index contributed by atoms with van der Waals surface area (Å²) in [4.78, 5) is 29.8. The summed E-state index contributed by atoms with van der Waals surface area (Å²) in [5.41, 5.74) is -0.228. The number of anilines is 3. The Labute approximate surface area is 173 Å². The van der Waals surface area contributed by atoms with Crippen LogP contribution in [0.4, 0.5) is 21.3 Å². The molecule has 2 aromatic rings. The van der Waals surface area contributed by atoms with Gasteiger partial charge in [-0.05, 0) is 42.1 Å². The molecular weight excluding hydrogens is 452 g/mol. The fourth-order valence-electron chi connectivity index (χ4n) is 3.18. The van der Waals surface area contributed by atoms with Crippen molar-refractivity contribution in [1.82, 2.24) is 14.8 Å². The first-order valence-corrected chi connectivity index (χ1v) is 10.2. The summed E-state index contributed by atoms with van der Waals surface area (Å²) in [6.07, 6.45) is 2.40. The number of carbonyl (C=O) groups is 2. The van der Waals surface area contributed by atoms with E-state index in [1.54, 1.807) is 17.9 Å². The minimum Gasteiger partial charge on any atom is -0.465 e. The second kappa shape index (κ2) is 8.05. The van der Waals surface area contributed by atoms with Crippen molar-refractivity contribution in [2.75, 3.05) is 28.6 Å².